The van der Waals surface area contributed by atoms with E-state index in [0.717, 1.165) is 0 Å². The lowest BCUT2D eigenvalue weighted by Crippen LogP contribution is -2.43. The highest BCUT2D eigenvalue weighted by atomic mass is 16.6. The topological polar surface area (TPSA) is 59.8 Å². The molecule has 5 heteroatoms. The van der Waals surface area contributed by atoms with E-state index in [1.165, 1.54) is 24.5 Å². The summed E-state index contributed by atoms with van der Waals surface area (Å²) in [6, 6.07) is 0.972. The Hall–Kier alpha value is -1.78. The van der Waals surface area contributed by atoms with Crippen molar-refractivity contribution >= 4 is 11.9 Å². The SMILES string of the molecule is CC(C(=O)c1ccoc1)N(C)C(=O)OC(C)(C)C. The lowest BCUT2D eigenvalue weighted by Gasteiger charge is -2.27. The molecule has 1 unspecified atom stereocenters. The smallest absolute Gasteiger partial charge is 0.410 e. The number of rotatable bonds is 3. The molecule has 0 saturated heterocycles. The molecular weight excluding hydrogens is 234 g/mol. The van der Waals surface area contributed by atoms with Crippen molar-refractivity contribution in [3.05, 3.63) is 24.2 Å². The molecule has 0 fully saturated rings. The fourth-order valence-corrected chi connectivity index (χ4v) is 1.31. The largest absolute Gasteiger partial charge is 0.472 e. The van der Waals surface area contributed by atoms with Crippen LogP contribution >= 0.6 is 0 Å². The zero-order valence-corrected chi connectivity index (χ0v) is 11.4. The Labute approximate surface area is 107 Å². The lowest BCUT2D eigenvalue weighted by molar-refractivity contribution is 0.0231. The minimum Gasteiger partial charge on any atom is -0.472 e. The van der Waals surface area contributed by atoms with Gasteiger partial charge in [-0.15, -0.1) is 0 Å². The summed E-state index contributed by atoms with van der Waals surface area (Å²) in [6.45, 7) is 6.99. The van der Waals surface area contributed by atoms with E-state index in [1.54, 1.807) is 33.8 Å². The highest BCUT2D eigenvalue weighted by Crippen LogP contribution is 2.13. The summed E-state index contributed by atoms with van der Waals surface area (Å²) < 4.78 is 10.1. The molecule has 0 radical (unpaired) electrons. The molecule has 0 aliphatic heterocycles. The molecule has 0 bridgehead atoms. The van der Waals surface area contributed by atoms with E-state index in [-0.39, 0.29) is 5.78 Å². The minimum atomic E-state index is -0.600. The number of ether oxygens (including phenoxy) is 1. The van der Waals surface area contributed by atoms with E-state index in [4.69, 9.17) is 9.15 Å². The Balaban J connectivity index is 2.69. The third-order valence-corrected chi connectivity index (χ3v) is 2.45. The van der Waals surface area contributed by atoms with Gasteiger partial charge in [0.25, 0.3) is 0 Å². The molecule has 0 aliphatic rings. The number of hydrogen-bond acceptors (Lipinski definition) is 4. The summed E-state index contributed by atoms with van der Waals surface area (Å²) in [6.07, 6.45) is 2.27. The first kappa shape index (κ1) is 14.3. The normalized spacial score (nSPS) is 12.9. The standard InChI is InChI=1S/C13H19NO4/c1-9(11(15)10-6-7-17-8-10)14(5)12(16)18-13(2,3)4/h6-9H,1-5H3. The molecule has 1 aromatic heterocycles. The van der Waals surface area contributed by atoms with Crippen LogP contribution < -0.4 is 0 Å². The number of nitrogens with zero attached hydrogens (tertiary/aromatic N) is 1. The van der Waals surface area contributed by atoms with Gasteiger partial charge < -0.3 is 14.1 Å². The van der Waals surface area contributed by atoms with Gasteiger partial charge in [-0.3, -0.25) is 4.79 Å². The number of hydrogen-bond donors (Lipinski definition) is 0. The molecule has 1 heterocycles. The fraction of sp³-hybridized carbons (Fsp3) is 0.538. The van der Waals surface area contributed by atoms with Crippen LogP contribution in [0.3, 0.4) is 0 Å². The van der Waals surface area contributed by atoms with Crippen LogP contribution in [0.4, 0.5) is 4.79 Å². The molecule has 0 saturated carbocycles. The quantitative estimate of drug-likeness (QED) is 0.777. The van der Waals surface area contributed by atoms with E-state index in [9.17, 15) is 9.59 Å². The van der Waals surface area contributed by atoms with Gasteiger partial charge in [-0.1, -0.05) is 0 Å². The Morgan fingerprint density at radius 3 is 2.44 bits per heavy atom. The Bertz CT molecular complexity index is 417. The van der Waals surface area contributed by atoms with Crippen molar-refractivity contribution in [2.24, 2.45) is 0 Å². The molecule has 18 heavy (non-hydrogen) atoms. The van der Waals surface area contributed by atoms with Crippen LogP contribution in [0.2, 0.25) is 0 Å². The maximum Gasteiger partial charge on any atom is 0.410 e. The van der Waals surface area contributed by atoms with Crippen molar-refractivity contribution in [1.82, 2.24) is 4.90 Å². The van der Waals surface area contributed by atoms with E-state index in [0.29, 0.717) is 5.56 Å². The second-order valence-electron chi connectivity index (χ2n) is 5.14. The number of ketones is 1. The van der Waals surface area contributed by atoms with Gasteiger partial charge in [-0.05, 0) is 33.8 Å². The molecule has 1 rings (SSSR count). The van der Waals surface area contributed by atoms with Crippen molar-refractivity contribution in [2.75, 3.05) is 7.05 Å². The molecule has 100 valence electrons. The lowest BCUT2D eigenvalue weighted by atomic mass is 10.1. The van der Waals surface area contributed by atoms with Gasteiger partial charge in [-0.25, -0.2) is 4.79 Å². The van der Waals surface area contributed by atoms with Crippen LogP contribution in [0.25, 0.3) is 0 Å². The fourth-order valence-electron chi connectivity index (χ4n) is 1.31. The first-order valence-corrected chi connectivity index (χ1v) is 5.74. The van der Waals surface area contributed by atoms with Crippen LogP contribution in [0, 0.1) is 0 Å². The zero-order valence-electron chi connectivity index (χ0n) is 11.4. The maximum absolute atomic E-state index is 12.0. The first-order valence-electron chi connectivity index (χ1n) is 5.74. The minimum absolute atomic E-state index is 0.183. The number of amides is 1. The van der Waals surface area contributed by atoms with Gasteiger partial charge in [0.05, 0.1) is 17.9 Å². The maximum atomic E-state index is 12.0. The van der Waals surface area contributed by atoms with Gasteiger partial charge in [0.2, 0.25) is 0 Å². The monoisotopic (exact) mass is 253 g/mol. The highest BCUT2D eigenvalue weighted by Gasteiger charge is 2.27. The van der Waals surface area contributed by atoms with E-state index < -0.39 is 17.7 Å². The van der Waals surface area contributed by atoms with Crippen molar-refractivity contribution in [3.63, 3.8) is 0 Å². The molecule has 1 amide bonds. The third kappa shape index (κ3) is 3.61. The Morgan fingerprint density at radius 1 is 1.39 bits per heavy atom. The molecule has 0 aliphatic carbocycles. The van der Waals surface area contributed by atoms with E-state index >= 15 is 0 Å². The average Bonchev–Trinajstić information content (AvgIpc) is 2.77. The Kier molecular flexibility index (Phi) is 4.16. The summed E-state index contributed by atoms with van der Waals surface area (Å²) in [5.74, 6) is -0.183. The predicted octanol–water partition coefficient (Wildman–Crippen LogP) is 2.72. The number of carbonyl (C=O) groups excluding carboxylic acids is 2. The summed E-state index contributed by atoms with van der Waals surface area (Å²) in [5.41, 5.74) is -0.137. The van der Waals surface area contributed by atoms with E-state index in [1.807, 2.05) is 0 Å². The van der Waals surface area contributed by atoms with Gasteiger partial charge in [0, 0.05) is 7.05 Å². The van der Waals surface area contributed by atoms with Gasteiger partial charge in [-0.2, -0.15) is 0 Å². The molecule has 5 nitrogen and oxygen atoms in total. The van der Waals surface area contributed by atoms with Crippen molar-refractivity contribution in [2.45, 2.75) is 39.3 Å². The molecule has 0 spiro atoms. The molecule has 0 N–H and O–H groups in total. The van der Waals surface area contributed by atoms with Crippen LogP contribution in [-0.4, -0.2) is 35.5 Å². The summed E-state index contributed by atoms with van der Waals surface area (Å²) in [7, 11) is 1.54. The summed E-state index contributed by atoms with van der Waals surface area (Å²) in [4.78, 5) is 25.1. The molecule has 1 atom stereocenters. The molecule has 0 aromatic carbocycles. The van der Waals surface area contributed by atoms with Crippen LogP contribution in [0.15, 0.2) is 23.0 Å². The molecular formula is C13H19NO4. The zero-order chi connectivity index (χ0) is 13.9. The van der Waals surface area contributed by atoms with Crippen molar-refractivity contribution < 1.29 is 18.7 Å². The third-order valence-electron chi connectivity index (χ3n) is 2.45. The summed E-state index contributed by atoms with van der Waals surface area (Å²) >= 11 is 0. The molecule has 1 aromatic rings. The second-order valence-corrected chi connectivity index (χ2v) is 5.14. The van der Waals surface area contributed by atoms with Gasteiger partial charge >= 0.3 is 6.09 Å². The Morgan fingerprint density at radius 2 is 2.00 bits per heavy atom. The van der Waals surface area contributed by atoms with Crippen molar-refractivity contribution in [3.8, 4) is 0 Å². The van der Waals surface area contributed by atoms with E-state index in [2.05, 4.69) is 0 Å². The van der Waals surface area contributed by atoms with Crippen LogP contribution in [-0.2, 0) is 4.74 Å². The number of Topliss-reactive ketones (excluding diaryl/α,β-unsaturated/α-hetero) is 1. The van der Waals surface area contributed by atoms with Crippen molar-refractivity contribution in [1.29, 1.82) is 0 Å². The van der Waals surface area contributed by atoms with Gasteiger partial charge in [0.1, 0.15) is 11.9 Å². The van der Waals surface area contributed by atoms with Gasteiger partial charge in [0.15, 0.2) is 5.78 Å². The number of furan rings is 1. The second kappa shape index (κ2) is 5.25. The number of likely N-dealkylation sites (N-methyl/N-ethyl adjacent to an activating group) is 1. The highest BCUT2D eigenvalue weighted by molar-refractivity contribution is 6.00. The summed E-state index contributed by atoms with van der Waals surface area (Å²) in [5, 5.41) is 0. The van der Waals surface area contributed by atoms with Crippen LogP contribution in [0.5, 0.6) is 0 Å². The van der Waals surface area contributed by atoms with Crippen LogP contribution in [0.1, 0.15) is 38.1 Å². The first-order chi connectivity index (χ1) is 8.22. The number of carbonyl (C=O) groups is 2. The predicted molar refractivity (Wildman–Crippen MR) is 66.5 cm³/mol. The average molecular weight is 253 g/mol.